The minimum Gasteiger partial charge on any atom is -0.481 e. The Hall–Kier alpha value is -4.06. The van der Waals surface area contributed by atoms with E-state index in [0.717, 1.165) is 0 Å². The number of carbonyl (C=O) groups excluding carboxylic acids is 3. The molecule has 6 rings (SSSR count). The van der Waals surface area contributed by atoms with Crippen molar-refractivity contribution in [2.24, 2.45) is 28.6 Å². The number of ether oxygens (including phenoxy) is 3. The Kier molecular flexibility index (Phi) is 7.22. The van der Waals surface area contributed by atoms with Gasteiger partial charge in [-0.05, 0) is 55.9 Å². The maximum atomic E-state index is 13.7. The second-order valence-corrected chi connectivity index (χ2v) is 13.2. The number of carboxylic acid groups (broad SMARTS) is 1. The molecule has 1 heterocycles. The summed E-state index contributed by atoms with van der Waals surface area (Å²) in [6.45, 7) is 4.55. The van der Waals surface area contributed by atoms with Crippen LogP contribution in [0.25, 0.3) is 0 Å². The van der Waals surface area contributed by atoms with Gasteiger partial charge < -0.3 is 34.6 Å². The molecule has 11 heteroatoms. The third-order valence-corrected chi connectivity index (χ3v) is 11.1. The van der Waals surface area contributed by atoms with E-state index in [4.69, 9.17) is 14.2 Å². The van der Waals surface area contributed by atoms with Gasteiger partial charge in [0, 0.05) is 29.4 Å². The van der Waals surface area contributed by atoms with Gasteiger partial charge in [-0.1, -0.05) is 50.2 Å². The summed E-state index contributed by atoms with van der Waals surface area (Å²) in [5.74, 6) is -8.41. The molecule has 1 aliphatic heterocycles. The Morgan fingerprint density at radius 1 is 0.911 bits per heavy atom. The van der Waals surface area contributed by atoms with E-state index >= 15 is 0 Å². The largest absolute Gasteiger partial charge is 0.481 e. The second kappa shape index (κ2) is 10.5. The van der Waals surface area contributed by atoms with Crippen LogP contribution in [0.2, 0.25) is 0 Å². The van der Waals surface area contributed by atoms with Gasteiger partial charge in [0.05, 0.1) is 17.2 Å². The second-order valence-electron chi connectivity index (χ2n) is 13.2. The molecule has 11 nitrogen and oxygen atoms in total. The molecule has 10 atom stereocenters. The number of esters is 3. The lowest BCUT2D eigenvalue weighted by Crippen LogP contribution is -2.82. The number of aliphatic carboxylic acids is 1. The Bertz CT molecular complexity index is 1570. The molecule has 0 amide bonds. The average molecular weight is 621 g/mol. The van der Waals surface area contributed by atoms with Gasteiger partial charge in [-0.25, -0.2) is 14.4 Å². The summed E-state index contributed by atoms with van der Waals surface area (Å²) in [5, 5.41) is 46.7. The number of benzene rings is 2. The number of hydrogen-bond donors (Lipinski definition) is 4. The van der Waals surface area contributed by atoms with Crippen molar-refractivity contribution in [1.82, 2.24) is 0 Å². The van der Waals surface area contributed by atoms with Crippen molar-refractivity contribution in [3.05, 3.63) is 83.4 Å². The zero-order valence-electron chi connectivity index (χ0n) is 25.1. The summed E-state index contributed by atoms with van der Waals surface area (Å²) in [7, 11) is 0. The van der Waals surface area contributed by atoms with Crippen molar-refractivity contribution in [2.45, 2.75) is 69.7 Å². The minimum absolute atomic E-state index is 0.0338. The molecule has 0 unspecified atom stereocenters. The van der Waals surface area contributed by atoms with Crippen molar-refractivity contribution in [3.8, 4) is 0 Å². The Balaban J connectivity index is 1.59. The number of aliphatic hydroxyl groups excluding tert-OH is 1. The lowest BCUT2D eigenvalue weighted by Gasteiger charge is -2.69. The van der Waals surface area contributed by atoms with Crippen LogP contribution in [0.15, 0.2) is 72.3 Å². The van der Waals surface area contributed by atoms with Crippen molar-refractivity contribution in [1.29, 1.82) is 0 Å². The molecular weight excluding hydrogens is 584 g/mol. The van der Waals surface area contributed by atoms with Crippen molar-refractivity contribution in [3.63, 3.8) is 0 Å². The van der Waals surface area contributed by atoms with E-state index in [-0.39, 0.29) is 36.0 Å². The van der Waals surface area contributed by atoms with E-state index in [9.17, 15) is 39.6 Å². The van der Waals surface area contributed by atoms with Crippen LogP contribution in [-0.4, -0.2) is 74.0 Å². The molecule has 238 valence electrons. The number of carbonyl (C=O) groups is 4. The summed E-state index contributed by atoms with van der Waals surface area (Å²) in [6, 6.07) is 15.9. The first-order valence-electron chi connectivity index (χ1n) is 15.0. The molecule has 0 saturated heterocycles. The van der Waals surface area contributed by atoms with E-state index in [0.29, 0.717) is 0 Å². The summed E-state index contributed by atoms with van der Waals surface area (Å²) < 4.78 is 17.6. The summed E-state index contributed by atoms with van der Waals surface area (Å²) in [6.07, 6.45) is -3.89. The number of aliphatic hydroxyl groups is 3. The zero-order chi connectivity index (χ0) is 32.5. The molecule has 0 aromatic heterocycles. The molecule has 4 aliphatic rings. The molecule has 0 radical (unpaired) electrons. The SMILES string of the molecule is C[C@@H]1C2=CC(=O)O[C@]2(O)C[C@@H]2[C@H]1[C@@H](OC(=O)c1ccccc1)[C@@H](OC(=O)c1ccccc1)[C@]1(O)[C@@]2(C)CC[C@H](O)[C@@]1(C)C(=O)O. The normalized spacial score (nSPS) is 40.1. The van der Waals surface area contributed by atoms with Crippen LogP contribution in [0.3, 0.4) is 0 Å². The monoisotopic (exact) mass is 620 g/mol. The zero-order valence-corrected chi connectivity index (χ0v) is 25.1. The van der Waals surface area contributed by atoms with Crippen LogP contribution in [0.1, 0.15) is 60.7 Å². The standard InChI is InChI=1S/C34H36O11/c1-18-21-16-24(36)45-33(21,41)17-22-25(18)26(43-28(37)19-10-6-4-7-11-19)27(44-29(38)20-12-8-5-9-13-20)34(42)31(22,2)15-14-23(35)32(34,3)30(39)40/h4-13,16,18,22-23,25-27,35,41-42H,14-15,17H2,1-3H3,(H,39,40)/t18-,22-,23+,25+,26-,27-,31+,32+,33-,34+/m1/s1. The highest BCUT2D eigenvalue weighted by Crippen LogP contribution is 2.69. The molecule has 0 bridgehead atoms. The quantitative estimate of drug-likeness (QED) is 0.286. The fraction of sp³-hybridized carbons (Fsp3) is 0.471. The first-order valence-corrected chi connectivity index (χ1v) is 15.0. The molecule has 0 spiro atoms. The molecular formula is C34H36O11. The van der Waals surface area contributed by atoms with Gasteiger partial charge in [-0.2, -0.15) is 0 Å². The topological polar surface area (TPSA) is 177 Å². The van der Waals surface area contributed by atoms with Crippen molar-refractivity contribution in [2.75, 3.05) is 0 Å². The molecule has 2 aromatic rings. The lowest BCUT2D eigenvalue weighted by molar-refractivity contribution is -0.339. The fourth-order valence-electron chi connectivity index (χ4n) is 8.71. The summed E-state index contributed by atoms with van der Waals surface area (Å²) >= 11 is 0. The van der Waals surface area contributed by atoms with Gasteiger partial charge in [0.25, 0.3) is 0 Å². The summed E-state index contributed by atoms with van der Waals surface area (Å²) in [4.78, 5) is 53.0. The Labute approximate surface area is 259 Å². The minimum atomic E-state index is -2.56. The molecule has 3 fully saturated rings. The molecule has 45 heavy (non-hydrogen) atoms. The van der Waals surface area contributed by atoms with Crippen LogP contribution in [0.5, 0.6) is 0 Å². The van der Waals surface area contributed by atoms with Crippen LogP contribution in [0, 0.1) is 28.6 Å². The molecule has 3 saturated carbocycles. The first-order chi connectivity index (χ1) is 21.2. The van der Waals surface area contributed by atoms with Crippen LogP contribution in [-0.2, 0) is 23.8 Å². The van der Waals surface area contributed by atoms with Crippen LogP contribution in [0.4, 0.5) is 0 Å². The van der Waals surface area contributed by atoms with Crippen LogP contribution >= 0.6 is 0 Å². The van der Waals surface area contributed by atoms with Gasteiger partial charge >= 0.3 is 23.9 Å². The fourth-order valence-corrected chi connectivity index (χ4v) is 8.71. The molecule has 4 N–H and O–H groups in total. The first kappa shape index (κ1) is 30.9. The highest BCUT2D eigenvalue weighted by molar-refractivity contribution is 5.91. The highest BCUT2D eigenvalue weighted by Gasteiger charge is 2.80. The van der Waals surface area contributed by atoms with Gasteiger partial charge in [-0.3, -0.25) is 4.79 Å². The average Bonchev–Trinajstić information content (AvgIpc) is 3.34. The summed E-state index contributed by atoms with van der Waals surface area (Å²) in [5.41, 5.74) is -5.85. The Morgan fingerprint density at radius 2 is 1.47 bits per heavy atom. The number of rotatable bonds is 5. The van der Waals surface area contributed by atoms with Crippen molar-refractivity contribution < 1.29 is 53.8 Å². The number of hydrogen-bond acceptors (Lipinski definition) is 10. The van der Waals surface area contributed by atoms with Crippen molar-refractivity contribution >= 4 is 23.9 Å². The molecule has 3 aliphatic carbocycles. The van der Waals surface area contributed by atoms with Gasteiger partial charge in [-0.15, -0.1) is 0 Å². The predicted molar refractivity (Wildman–Crippen MR) is 155 cm³/mol. The third kappa shape index (κ3) is 4.28. The van der Waals surface area contributed by atoms with Gasteiger partial charge in [0.2, 0.25) is 5.79 Å². The number of carboxylic acids is 1. The van der Waals surface area contributed by atoms with E-state index in [1.807, 2.05) is 0 Å². The highest BCUT2D eigenvalue weighted by atomic mass is 16.7. The van der Waals surface area contributed by atoms with E-state index in [2.05, 4.69) is 0 Å². The van der Waals surface area contributed by atoms with Crippen LogP contribution < -0.4 is 0 Å². The van der Waals surface area contributed by atoms with E-state index in [1.165, 1.54) is 37.3 Å². The lowest BCUT2D eigenvalue weighted by atomic mass is 9.38. The maximum Gasteiger partial charge on any atom is 0.338 e. The Morgan fingerprint density at radius 3 is 2.02 bits per heavy atom. The third-order valence-electron chi connectivity index (χ3n) is 11.1. The number of fused-ring (bicyclic) bond motifs is 4. The molecule has 2 aromatic carbocycles. The van der Waals surface area contributed by atoms with E-state index < -0.39 is 82.2 Å². The van der Waals surface area contributed by atoms with Gasteiger partial charge in [0.15, 0.2) is 6.10 Å². The van der Waals surface area contributed by atoms with E-state index in [1.54, 1.807) is 50.2 Å². The van der Waals surface area contributed by atoms with Gasteiger partial charge in [0.1, 0.15) is 17.1 Å². The maximum absolute atomic E-state index is 13.7. The smallest absolute Gasteiger partial charge is 0.338 e. The predicted octanol–water partition coefficient (Wildman–Crippen LogP) is 2.88.